The summed E-state index contributed by atoms with van der Waals surface area (Å²) >= 11 is 0. The van der Waals surface area contributed by atoms with Crippen LogP contribution in [0.25, 0.3) is 0 Å². The number of carboxylic acids is 1. The maximum absolute atomic E-state index is 12.4. The zero-order valence-electron chi connectivity index (χ0n) is 11.5. The maximum atomic E-state index is 12.4. The van der Waals surface area contributed by atoms with Gasteiger partial charge in [0.05, 0.1) is 17.4 Å². The molecule has 0 aliphatic carbocycles. The van der Waals surface area contributed by atoms with Gasteiger partial charge in [-0.05, 0) is 26.0 Å². The summed E-state index contributed by atoms with van der Waals surface area (Å²) in [7, 11) is -3.80. The van der Waals surface area contributed by atoms with E-state index in [9.17, 15) is 18.3 Å². The van der Waals surface area contributed by atoms with Crippen molar-refractivity contribution in [3.63, 3.8) is 0 Å². The number of hydrogen-bond acceptors (Lipinski definition) is 4. The van der Waals surface area contributed by atoms with Gasteiger partial charge in [-0.15, -0.1) is 0 Å². The van der Waals surface area contributed by atoms with Crippen LogP contribution >= 0.6 is 0 Å². The number of aliphatic hydroxyl groups is 1. The number of sulfonamides is 1. The van der Waals surface area contributed by atoms with Crippen molar-refractivity contribution in [1.29, 1.82) is 0 Å². The molecule has 2 N–H and O–H groups in total. The number of nitrogens with zero attached hydrogens (tertiary/aromatic N) is 1. The van der Waals surface area contributed by atoms with E-state index in [1.165, 1.54) is 19.1 Å². The van der Waals surface area contributed by atoms with Crippen molar-refractivity contribution < 1.29 is 23.4 Å². The molecule has 1 unspecified atom stereocenters. The number of carbonyl (C=O) groups is 1. The summed E-state index contributed by atoms with van der Waals surface area (Å²) < 4.78 is 25.8. The molecule has 20 heavy (non-hydrogen) atoms. The summed E-state index contributed by atoms with van der Waals surface area (Å²) in [6.07, 6.45) is -1.18. The van der Waals surface area contributed by atoms with E-state index in [1.807, 2.05) is 6.92 Å². The molecule has 0 aliphatic heterocycles. The molecule has 0 radical (unpaired) electrons. The number of hydrogen-bond donors (Lipinski definition) is 2. The topological polar surface area (TPSA) is 94.9 Å². The van der Waals surface area contributed by atoms with Crippen molar-refractivity contribution >= 4 is 16.0 Å². The van der Waals surface area contributed by atoms with Crippen LogP contribution in [0.5, 0.6) is 0 Å². The van der Waals surface area contributed by atoms with Crippen LogP contribution in [0.2, 0.25) is 0 Å². The van der Waals surface area contributed by atoms with Gasteiger partial charge in [-0.1, -0.05) is 17.7 Å². The molecule has 6 nitrogen and oxygen atoms in total. The molecule has 0 fully saturated rings. The number of rotatable bonds is 7. The van der Waals surface area contributed by atoms with Crippen LogP contribution in [0.4, 0.5) is 0 Å². The lowest BCUT2D eigenvalue weighted by molar-refractivity contribution is -0.137. The Morgan fingerprint density at radius 3 is 2.30 bits per heavy atom. The minimum atomic E-state index is -3.80. The summed E-state index contributed by atoms with van der Waals surface area (Å²) in [6, 6.07) is 6.29. The average molecular weight is 301 g/mol. The van der Waals surface area contributed by atoms with Crippen molar-refractivity contribution in [2.75, 3.05) is 13.1 Å². The predicted molar refractivity (Wildman–Crippen MR) is 73.9 cm³/mol. The molecule has 0 saturated carbocycles. The third kappa shape index (κ3) is 4.59. The lowest BCUT2D eigenvalue weighted by Crippen LogP contribution is -2.38. The van der Waals surface area contributed by atoms with Gasteiger partial charge in [0.25, 0.3) is 0 Å². The third-order valence-corrected chi connectivity index (χ3v) is 4.58. The highest BCUT2D eigenvalue weighted by atomic mass is 32.2. The summed E-state index contributed by atoms with van der Waals surface area (Å²) in [6.45, 7) is 2.99. The molecule has 1 atom stereocenters. The van der Waals surface area contributed by atoms with Gasteiger partial charge >= 0.3 is 5.97 Å². The number of aryl methyl sites for hydroxylation is 1. The second-order valence-corrected chi connectivity index (χ2v) is 6.61. The normalized spacial score (nSPS) is 13.4. The molecular formula is C13H19NO5S. The quantitative estimate of drug-likeness (QED) is 0.778. The van der Waals surface area contributed by atoms with E-state index in [4.69, 9.17) is 5.11 Å². The Labute approximate surface area is 118 Å². The fourth-order valence-electron chi connectivity index (χ4n) is 1.68. The van der Waals surface area contributed by atoms with Crippen LogP contribution in [0.1, 0.15) is 18.9 Å². The van der Waals surface area contributed by atoms with E-state index in [0.29, 0.717) is 0 Å². The molecule has 0 aliphatic rings. The summed E-state index contributed by atoms with van der Waals surface area (Å²) in [4.78, 5) is 10.7. The van der Waals surface area contributed by atoms with Crippen molar-refractivity contribution in [3.05, 3.63) is 29.8 Å². The van der Waals surface area contributed by atoms with Gasteiger partial charge in [0.2, 0.25) is 10.0 Å². The molecule has 0 saturated heterocycles. The lowest BCUT2D eigenvalue weighted by atomic mass is 10.2. The first kappa shape index (κ1) is 16.6. The number of carboxylic acid groups (broad SMARTS) is 1. The van der Waals surface area contributed by atoms with Gasteiger partial charge in [0.1, 0.15) is 0 Å². The molecule has 112 valence electrons. The summed E-state index contributed by atoms with van der Waals surface area (Å²) in [5, 5.41) is 18.1. The van der Waals surface area contributed by atoms with E-state index in [0.717, 1.165) is 9.87 Å². The number of aliphatic hydroxyl groups excluding tert-OH is 1. The van der Waals surface area contributed by atoms with Gasteiger partial charge < -0.3 is 10.2 Å². The Balaban J connectivity index is 3.03. The van der Waals surface area contributed by atoms with Gasteiger partial charge in [0, 0.05) is 13.1 Å². The van der Waals surface area contributed by atoms with Crippen LogP contribution in [0.3, 0.4) is 0 Å². The van der Waals surface area contributed by atoms with Crippen molar-refractivity contribution in [2.45, 2.75) is 31.3 Å². The highest BCUT2D eigenvalue weighted by Crippen LogP contribution is 2.17. The van der Waals surface area contributed by atoms with Gasteiger partial charge in [-0.25, -0.2) is 8.42 Å². The first-order valence-corrected chi connectivity index (χ1v) is 7.64. The summed E-state index contributed by atoms with van der Waals surface area (Å²) in [5.74, 6) is -1.08. The SMILES string of the molecule is Cc1ccc(S(=O)(=O)N(CCC(=O)O)CC(C)O)cc1. The molecule has 7 heteroatoms. The van der Waals surface area contributed by atoms with Gasteiger partial charge in [-0.2, -0.15) is 4.31 Å². The van der Waals surface area contributed by atoms with E-state index >= 15 is 0 Å². The fourth-order valence-corrected chi connectivity index (χ4v) is 3.21. The number of aliphatic carboxylic acids is 1. The fraction of sp³-hybridized carbons (Fsp3) is 0.462. The highest BCUT2D eigenvalue weighted by molar-refractivity contribution is 7.89. The molecule has 0 aromatic heterocycles. The van der Waals surface area contributed by atoms with Gasteiger partial charge in [-0.3, -0.25) is 4.79 Å². The summed E-state index contributed by atoms with van der Waals surface area (Å²) in [5.41, 5.74) is 0.927. The second-order valence-electron chi connectivity index (χ2n) is 4.67. The molecule has 0 bridgehead atoms. The molecule has 0 amide bonds. The molecule has 1 rings (SSSR count). The van der Waals surface area contributed by atoms with Crippen molar-refractivity contribution in [2.24, 2.45) is 0 Å². The zero-order chi connectivity index (χ0) is 15.3. The van der Waals surface area contributed by atoms with Crippen LogP contribution in [0.15, 0.2) is 29.2 Å². The Hall–Kier alpha value is -1.44. The molecule has 1 aromatic rings. The molecule has 1 aromatic carbocycles. The van der Waals surface area contributed by atoms with Crippen LogP contribution < -0.4 is 0 Å². The van der Waals surface area contributed by atoms with E-state index in [1.54, 1.807) is 12.1 Å². The van der Waals surface area contributed by atoms with E-state index < -0.39 is 22.1 Å². The standard InChI is InChI=1S/C13H19NO5S/c1-10-3-5-12(6-4-10)20(18,19)14(9-11(2)15)8-7-13(16)17/h3-6,11,15H,7-9H2,1-2H3,(H,16,17). The predicted octanol–water partition coefficient (Wildman–Crippen LogP) is 0.841. The van der Waals surface area contributed by atoms with Crippen molar-refractivity contribution in [1.82, 2.24) is 4.31 Å². The van der Waals surface area contributed by atoms with Crippen molar-refractivity contribution in [3.8, 4) is 0 Å². The number of benzene rings is 1. The van der Waals surface area contributed by atoms with Crippen LogP contribution in [-0.2, 0) is 14.8 Å². The largest absolute Gasteiger partial charge is 0.481 e. The Morgan fingerprint density at radius 1 is 1.30 bits per heavy atom. The maximum Gasteiger partial charge on any atom is 0.304 e. The van der Waals surface area contributed by atoms with E-state index in [2.05, 4.69) is 0 Å². The van der Waals surface area contributed by atoms with Crippen LogP contribution in [0, 0.1) is 6.92 Å². The van der Waals surface area contributed by atoms with Crippen LogP contribution in [-0.4, -0.2) is 48.1 Å². The molecular weight excluding hydrogens is 282 g/mol. The Morgan fingerprint density at radius 2 is 1.85 bits per heavy atom. The minimum absolute atomic E-state index is 0.0918. The Bertz CT molecular complexity index is 551. The third-order valence-electron chi connectivity index (χ3n) is 2.70. The first-order valence-electron chi connectivity index (χ1n) is 6.20. The highest BCUT2D eigenvalue weighted by Gasteiger charge is 2.25. The second kappa shape index (κ2) is 6.83. The zero-order valence-corrected chi connectivity index (χ0v) is 12.3. The molecule has 0 spiro atoms. The minimum Gasteiger partial charge on any atom is -0.481 e. The monoisotopic (exact) mass is 301 g/mol. The lowest BCUT2D eigenvalue weighted by Gasteiger charge is -2.22. The Kier molecular flexibility index (Phi) is 5.67. The smallest absolute Gasteiger partial charge is 0.304 e. The average Bonchev–Trinajstić information content (AvgIpc) is 2.34. The van der Waals surface area contributed by atoms with E-state index in [-0.39, 0.29) is 24.4 Å². The van der Waals surface area contributed by atoms with Gasteiger partial charge in [0.15, 0.2) is 0 Å². The first-order chi connectivity index (χ1) is 9.23. The molecule has 0 heterocycles.